The second-order valence-electron chi connectivity index (χ2n) is 6.20. The second-order valence-corrected chi connectivity index (χ2v) is 7.94. The summed E-state index contributed by atoms with van der Waals surface area (Å²) in [6.07, 6.45) is 0. The molecule has 1 heterocycles. The van der Waals surface area contributed by atoms with Crippen LogP contribution in [-0.2, 0) is 5.75 Å². The molecule has 0 aliphatic rings. The third-order valence-corrected chi connectivity index (χ3v) is 5.73. The molecule has 0 saturated carbocycles. The van der Waals surface area contributed by atoms with Crippen LogP contribution in [0.25, 0.3) is 11.1 Å². The Morgan fingerprint density at radius 2 is 1.76 bits per heavy atom. The first-order chi connectivity index (χ1) is 14.0. The Balaban J connectivity index is 1.52. The highest BCUT2D eigenvalue weighted by molar-refractivity contribution is 7.98. The predicted octanol–water partition coefficient (Wildman–Crippen LogP) is 6.26. The SMILES string of the molecule is Nc1c(Cl)cc(NC(=O)c2ccccc2CSc2nc3ccccc3o2)cc1Cl. The van der Waals surface area contributed by atoms with Gasteiger partial charge in [0, 0.05) is 17.0 Å². The van der Waals surface area contributed by atoms with Crippen LogP contribution in [0.3, 0.4) is 0 Å². The molecule has 4 rings (SSSR count). The third-order valence-electron chi connectivity index (χ3n) is 4.22. The number of carbonyl (C=O) groups is 1. The van der Waals surface area contributed by atoms with Crippen LogP contribution in [0, 0.1) is 0 Å². The van der Waals surface area contributed by atoms with E-state index in [1.54, 1.807) is 18.2 Å². The van der Waals surface area contributed by atoms with Gasteiger partial charge in [0.2, 0.25) is 0 Å². The average molecular weight is 444 g/mol. The summed E-state index contributed by atoms with van der Waals surface area (Å²) in [5.41, 5.74) is 9.43. The number of nitrogens with one attached hydrogen (secondary N) is 1. The van der Waals surface area contributed by atoms with Gasteiger partial charge < -0.3 is 15.5 Å². The lowest BCUT2D eigenvalue weighted by atomic mass is 10.1. The highest BCUT2D eigenvalue weighted by Crippen LogP contribution is 2.32. The Bertz CT molecular complexity index is 1150. The van der Waals surface area contributed by atoms with Crippen LogP contribution in [0.5, 0.6) is 0 Å². The molecule has 4 aromatic rings. The largest absolute Gasteiger partial charge is 0.431 e. The number of para-hydroxylation sites is 2. The lowest BCUT2D eigenvalue weighted by Crippen LogP contribution is -2.14. The molecule has 0 bridgehead atoms. The number of carbonyl (C=O) groups excluding carboxylic acids is 1. The maximum atomic E-state index is 12.8. The number of halogens is 2. The number of nitrogens with two attached hydrogens (primary N) is 1. The number of nitrogens with zero attached hydrogens (tertiary/aromatic N) is 1. The van der Waals surface area contributed by atoms with Gasteiger partial charge in [-0.3, -0.25) is 4.79 Å². The van der Waals surface area contributed by atoms with Crippen molar-refractivity contribution in [2.75, 3.05) is 11.1 Å². The fourth-order valence-electron chi connectivity index (χ4n) is 2.77. The zero-order valence-corrected chi connectivity index (χ0v) is 17.3. The number of fused-ring (bicyclic) bond motifs is 1. The number of oxazole rings is 1. The molecule has 0 atom stereocenters. The maximum Gasteiger partial charge on any atom is 0.257 e. The molecule has 1 aromatic heterocycles. The van der Waals surface area contributed by atoms with Gasteiger partial charge in [-0.1, -0.05) is 65.3 Å². The first-order valence-electron chi connectivity index (χ1n) is 8.63. The molecule has 0 unspecified atom stereocenters. The average Bonchev–Trinajstić information content (AvgIpc) is 3.13. The fourth-order valence-corrected chi connectivity index (χ4v) is 4.10. The molecule has 0 radical (unpaired) electrons. The van der Waals surface area contributed by atoms with Gasteiger partial charge >= 0.3 is 0 Å². The van der Waals surface area contributed by atoms with Gasteiger partial charge in [0.15, 0.2) is 5.58 Å². The van der Waals surface area contributed by atoms with Crippen molar-refractivity contribution in [1.82, 2.24) is 4.98 Å². The number of nitrogen functional groups attached to an aromatic ring is 1. The van der Waals surface area contributed by atoms with Crippen LogP contribution in [-0.4, -0.2) is 10.9 Å². The summed E-state index contributed by atoms with van der Waals surface area (Å²) in [5, 5.41) is 3.94. The summed E-state index contributed by atoms with van der Waals surface area (Å²) < 4.78 is 5.73. The van der Waals surface area contributed by atoms with Gasteiger partial charge in [0.25, 0.3) is 11.1 Å². The highest BCUT2D eigenvalue weighted by Gasteiger charge is 2.14. The number of hydrogen-bond donors (Lipinski definition) is 2. The Labute approximate surface area is 181 Å². The second kappa shape index (κ2) is 8.37. The Kier molecular flexibility index (Phi) is 5.67. The molecule has 3 N–H and O–H groups in total. The molecular weight excluding hydrogens is 429 g/mol. The molecule has 3 aromatic carbocycles. The molecule has 146 valence electrons. The van der Waals surface area contributed by atoms with Crippen LogP contribution < -0.4 is 11.1 Å². The monoisotopic (exact) mass is 443 g/mol. The van der Waals surface area contributed by atoms with Gasteiger partial charge in [-0.05, 0) is 35.9 Å². The normalized spacial score (nSPS) is 11.0. The number of anilines is 2. The van der Waals surface area contributed by atoms with Crippen molar-refractivity contribution in [2.45, 2.75) is 11.0 Å². The predicted molar refractivity (Wildman–Crippen MR) is 119 cm³/mol. The third kappa shape index (κ3) is 4.34. The number of amides is 1. The Hall–Kier alpha value is -2.67. The Morgan fingerprint density at radius 3 is 2.52 bits per heavy atom. The minimum atomic E-state index is -0.268. The van der Waals surface area contributed by atoms with Crippen molar-refractivity contribution in [3.8, 4) is 0 Å². The van der Waals surface area contributed by atoms with Crippen LogP contribution in [0.4, 0.5) is 11.4 Å². The molecule has 1 amide bonds. The molecule has 0 spiro atoms. The van der Waals surface area contributed by atoms with Gasteiger partial charge in [-0.15, -0.1) is 0 Å². The van der Waals surface area contributed by atoms with Crippen molar-refractivity contribution in [1.29, 1.82) is 0 Å². The van der Waals surface area contributed by atoms with Crippen LogP contribution in [0.1, 0.15) is 15.9 Å². The number of aromatic nitrogens is 1. The van der Waals surface area contributed by atoms with E-state index in [1.807, 2.05) is 42.5 Å². The standard InChI is InChI=1S/C21H15Cl2N3O2S/c22-15-9-13(10-16(23)19(15)24)25-20(27)14-6-2-1-5-12(14)11-29-21-26-17-7-3-4-8-18(17)28-21/h1-10H,11,24H2,(H,25,27). The summed E-state index contributed by atoms with van der Waals surface area (Å²) in [6.45, 7) is 0. The van der Waals surface area contributed by atoms with Gasteiger partial charge in [0.1, 0.15) is 5.52 Å². The fraction of sp³-hybridized carbons (Fsp3) is 0.0476. The van der Waals surface area contributed by atoms with Crippen molar-refractivity contribution in [3.05, 3.63) is 81.8 Å². The lowest BCUT2D eigenvalue weighted by molar-refractivity contribution is 0.102. The molecule has 8 heteroatoms. The van der Waals surface area contributed by atoms with Crippen molar-refractivity contribution in [3.63, 3.8) is 0 Å². The first-order valence-corrected chi connectivity index (χ1v) is 10.4. The molecule has 0 fully saturated rings. The molecular formula is C21H15Cl2N3O2S. The van der Waals surface area contributed by atoms with E-state index >= 15 is 0 Å². The summed E-state index contributed by atoms with van der Waals surface area (Å²) in [4.78, 5) is 17.3. The molecule has 0 aliphatic heterocycles. The molecule has 0 saturated heterocycles. The van der Waals surface area contributed by atoms with E-state index < -0.39 is 0 Å². The number of benzene rings is 3. The van der Waals surface area contributed by atoms with Gasteiger partial charge in [-0.25, -0.2) is 4.98 Å². The lowest BCUT2D eigenvalue weighted by Gasteiger charge is -2.11. The van der Waals surface area contributed by atoms with Gasteiger partial charge in [0.05, 0.1) is 15.7 Å². The Morgan fingerprint density at radius 1 is 1.07 bits per heavy atom. The van der Waals surface area contributed by atoms with Crippen molar-refractivity contribution >= 4 is 63.3 Å². The minimum Gasteiger partial charge on any atom is -0.431 e. The van der Waals surface area contributed by atoms with E-state index in [2.05, 4.69) is 10.3 Å². The quantitative estimate of drug-likeness (QED) is 0.280. The molecule has 29 heavy (non-hydrogen) atoms. The summed E-state index contributed by atoms with van der Waals surface area (Å²) >= 11 is 13.5. The summed E-state index contributed by atoms with van der Waals surface area (Å²) in [7, 11) is 0. The van der Waals surface area contributed by atoms with Crippen molar-refractivity contribution < 1.29 is 9.21 Å². The molecule has 0 aliphatic carbocycles. The number of rotatable bonds is 5. The number of hydrogen-bond acceptors (Lipinski definition) is 5. The van der Waals surface area contributed by atoms with Gasteiger partial charge in [-0.2, -0.15) is 0 Å². The van der Waals surface area contributed by atoms with Crippen LogP contribution >= 0.6 is 35.0 Å². The first kappa shape index (κ1) is 19.6. The highest BCUT2D eigenvalue weighted by atomic mass is 35.5. The zero-order valence-electron chi connectivity index (χ0n) is 15.0. The number of thioether (sulfide) groups is 1. The van der Waals surface area contributed by atoms with E-state index in [1.165, 1.54) is 11.8 Å². The van der Waals surface area contributed by atoms with E-state index in [0.717, 1.165) is 16.7 Å². The summed E-state index contributed by atoms with van der Waals surface area (Å²) in [6, 6.07) is 18.1. The van der Waals surface area contributed by atoms with Crippen molar-refractivity contribution in [2.24, 2.45) is 0 Å². The van der Waals surface area contributed by atoms with E-state index in [9.17, 15) is 4.79 Å². The van der Waals surface area contributed by atoms with Crippen LogP contribution in [0.15, 0.2) is 70.3 Å². The minimum absolute atomic E-state index is 0.268. The smallest absolute Gasteiger partial charge is 0.257 e. The zero-order chi connectivity index (χ0) is 20.4. The van der Waals surface area contributed by atoms with E-state index in [0.29, 0.717) is 22.2 Å². The summed E-state index contributed by atoms with van der Waals surface area (Å²) in [5.74, 6) is 0.260. The van der Waals surface area contributed by atoms with E-state index in [-0.39, 0.29) is 21.6 Å². The molecule has 5 nitrogen and oxygen atoms in total. The van der Waals surface area contributed by atoms with E-state index in [4.69, 9.17) is 33.4 Å². The topological polar surface area (TPSA) is 81.1 Å². The van der Waals surface area contributed by atoms with Crippen LogP contribution in [0.2, 0.25) is 10.0 Å². The maximum absolute atomic E-state index is 12.8.